The van der Waals surface area contributed by atoms with Gasteiger partial charge in [0.1, 0.15) is 0 Å². The van der Waals surface area contributed by atoms with E-state index >= 15 is 0 Å². The molecule has 0 aromatic carbocycles. The summed E-state index contributed by atoms with van der Waals surface area (Å²) in [6.45, 7) is 11.2. The van der Waals surface area contributed by atoms with Crippen molar-refractivity contribution in [2.75, 3.05) is 26.3 Å². The maximum atomic E-state index is 5.58. The van der Waals surface area contributed by atoms with E-state index in [0.717, 1.165) is 19.8 Å². The van der Waals surface area contributed by atoms with Crippen LogP contribution in [0, 0.1) is 0 Å². The predicted octanol–water partition coefficient (Wildman–Crippen LogP) is 2.02. The molecule has 0 spiro atoms. The van der Waals surface area contributed by atoms with Crippen LogP contribution in [0.5, 0.6) is 0 Å². The van der Waals surface area contributed by atoms with Crippen LogP contribution in [0.15, 0.2) is 0 Å². The molecule has 17 heavy (non-hydrogen) atoms. The van der Waals surface area contributed by atoms with Crippen molar-refractivity contribution in [1.29, 1.82) is 0 Å². The number of hydrogen-bond acceptors (Lipinski definition) is 3. The summed E-state index contributed by atoms with van der Waals surface area (Å²) in [5.74, 6) is 0. The first-order valence-electron chi connectivity index (χ1n) is 7.27. The Morgan fingerprint density at radius 1 is 1.41 bits per heavy atom. The van der Waals surface area contributed by atoms with E-state index in [1.165, 1.54) is 32.2 Å². The molecule has 2 fully saturated rings. The molecule has 2 aliphatic heterocycles. The van der Waals surface area contributed by atoms with Crippen molar-refractivity contribution >= 4 is 0 Å². The highest BCUT2D eigenvalue weighted by Crippen LogP contribution is 2.26. The summed E-state index contributed by atoms with van der Waals surface area (Å²) in [7, 11) is 0. The van der Waals surface area contributed by atoms with E-state index in [1.807, 2.05) is 0 Å². The maximum Gasteiger partial charge on any atom is 0.0622 e. The average molecular weight is 240 g/mol. The summed E-state index contributed by atoms with van der Waals surface area (Å²) in [6, 6.07) is 1.38. The molecule has 2 saturated heterocycles. The molecule has 2 rings (SSSR count). The smallest absolute Gasteiger partial charge is 0.0622 e. The quantitative estimate of drug-likeness (QED) is 0.813. The molecule has 1 N–H and O–H groups in total. The highest BCUT2D eigenvalue weighted by Gasteiger charge is 2.38. The lowest BCUT2D eigenvalue weighted by molar-refractivity contribution is 0.0355. The Morgan fingerprint density at radius 3 is 2.82 bits per heavy atom. The summed E-state index contributed by atoms with van der Waals surface area (Å²) >= 11 is 0. The van der Waals surface area contributed by atoms with E-state index in [1.54, 1.807) is 0 Å². The third-order valence-corrected chi connectivity index (χ3v) is 4.54. The van der Waals surface area contributed by atoms with Gasteiger partial charge in [0.15, 0.2) is 0 Å². The van der Waals surface area contributed by atoms with Gasteiger partial charge in [-0.05, 0) is 26.2 Å². The summed E-state index contributed by atoms with van der Waals surface area (Å²) in [5.41, 5.74) is 0.298. The lowest BCUT2D eigenvalue weighted by Gasteiger charge is -2.48. The standard InChI is InChI=1S/C14H28N2O/c1-4-6-12-9-15-14(3,5-2)11-16(12)13-7-8-17-10-13/h12-13,15H,4-11H2,1-3H3. The summed E-state index contributed by atoms with van der Waals surface area (Å²) < 4.78 is 5.58. The average Bonchev–Trinajstić information content (AvgIpc) is 2.86. The number of rotatable bonds is 4. The van der Waals surface area contributed by atoms with Crippen LogP contribution in [0.1, 0.15) is 46.5 Å². The molecule has 0 amide bonds. The minimum absolute atomic E-state index is 0.298. The molecular weight excluding hydrogens is 212 g/mol. The van der Waals surface area contributed by atoms with Crippen LogP contribution < -0.4 is 5.32 Å². The Morgan fingerprint density at radius 2 is 2.24 bits per heavy atom. The van der Waals surface area contributed by atoms with Crippen LogP contribution in [-0.2, 0) is 4.74 Å². The van der Waals surface area contributed by atoms with E-state index in [2.05, 4.69) is 31.0 Å². The molecule has 0 aliphatic carbocycles. The van der Waals surface area contributed by atoms with E-state index < -0.39 is 0 Å². The molecule has 3 nitrogen and oxygen atoms in total. The zero-order valence-electron chi connectivity index (χ0n) is 11.7. The molecule has 2 heterocycles. The van der Waals surface area contributed by atoms with Crippen LogP contribution >= 0.6 is 0 Å². The lowest BCUT2D eigenvalue weighted by atomic mass is 9.91. The van der Waals surface area contributed by atoms with Gasteiger partial charge in [0.05, 0.1) is 6.61 Å². The SMILES string of the molecule is CCCC1CNC(C)(CC)CN1C1CCOC1. The first-order valence-corrected chi connectivity index (χ1v) is 7.27. The number of ether oxygens (including phenoxy) is 1. The van der Waals surface area contributed by atoms with Crippen molar-refractivity contribution in [1.82, 2.24) is 10.2 Å². The number of piperazine rings is 1. The van der Waals surface area contributed by atoms with Crippen molar-refractivity contribution < 1.29 is 4.74 Å². The molecule has 0 saturated carbocycles. The zero-order valence-corrected chi connectivity index (χ0v) is 11.7. The second-order valence-electron chi connectivity index (χ2n) is 5.93. The molecule has 3 atom stereocenters. The summed E-state index contributed by atoms with van der Waals surface area (Å²) in [6.07, 6.45) is 5.01. The Kier molecular flexibility index (Phi) is 4.45. The number of nitrogens with zero attached hydrogens (tertiary/aromatic N) is 1. The van der Waals surface area contributed by atoms with Gasteiger partial charge in [0.2, 0.25) is 0 Å². The third-order valence-electron chi connectivity index (χ3n) is 4.54. The van der Waals surface area contributed by atoms with Gasteiger partial charge in [-0.3, -0.25) is 4.90 Å². The highest BCUT2D eigenvalue weighted by molar-refractivity contribution is 4.97. The van der Waals surface area contributed by atoms with Gasteiger partial charge in [-0.25, -0.2) is 0 Å². The topological polar surface area (TPSA) is 24.5 Å². The van der Waals surface area contributed by atoms with E-state index in [4.69, 9.17) is 4.74 Å². The summed E-state index contributed by atoms with van der Waals surface area (Å²) in [4.78, 5) is 2.73. The van der Waals surface area contributed by atoms with Crippen LogP contribution in [-0.4, -0.2) is 48.8 Å². The highest BCUT2D eigenvalue weighted by atomic mass is 16.5. The normalized spacial score (nSPS) is 39.7. The van der Waals surface area contributed by atoms with Gasteiger partial charge in [-0.2, -0.15) is 0 Å². The van der Waals surface area contributed by atoms with Crippen LogP contribution in [0.2, 0.25) is 0 Å². The maximum absolute atomic E-state index is 5.58. The van der Waals surface area contributed by atoms with Crippen molar-refractivity contribution in [3.05, 3.63) is 0 Å². The Bertz CT molecular complexity index is 240. The fraction of sp³-hybridized carbons (Fsp3) is 1.00. The molecule has 3 unspecified atom stereocenters. The molecular formula is C14H28N2O. The van der Waals surface area contributed by atoms with Crippen molar-refractivity contribution in [2.45, 2.75) is 64.1 Å². The van der Waals surface area contributed by atoms with Crippen LogP contribution in [0.4, 0.5) is 0 Å². The van der Waals surface area contributed by atoms with Crippen molar-refractivity contribution in [2.24, 2.45) is 0 Å². The summed E-state index contributed by atoms with van der Waals surface area (Å²) in [5, 5.41) is 3.75. The van der Waals surface area contributed by atoms with Gasteiger partial charge >= 0.3 is 0 Å². The lowest BCUT2D eigenvalue weighted by Crippen LogP contribution is -2.64. The predicted molar refractivity (Wildman–Crippen MR) is 71.3 cm³/mol. The van der Waals surface area contributed by atoms with Gasteiger partial charge < -0.3 is 10.1 Å². The molecule has 100 valence electrons. The minimum atomic E-state index is 0.298. The first kappa shape index (κ1) is 13.3. The van der Waals surface area contributed by atoms with Crippen molar-refractivity contribution in [3.8, 4) is 0 Å². The number of hydrogen-bond donors (Lipinski definition) is 1. The Hall–Kier alpha value is -0.120. The molecule has 0 aromatic rings. The van der Waals surface area contributed by atoms with E-state index in [9.17, 15) is 0 Å². The molecule has 2 aliphatic rings. The van der Waals surface area contributed by atoms with Gasteiger partial charge in [-0.15, -0.1) is 0 Å². The van der Waals surface area contributed by atoms with E-state index in [-0.39, 0.29) is 0 Å². The fourth-order valence-electron chi connectivity index (χ4n) is 3.12. The number of nitrogens with one attached hydrogen (secondary N) is 1. The van der Waals surface area contributed by atoms with Crippen LogP contribution in [0.3, 0.4) is 0 Å². The van der Waals surface area contributed by atoms with Crippen LogP contribution in [0.25, 0.3) is 0 Å². The third kappa shape index (κ3) is 3.01. The Labute approximate surface area is 106 Å². The largest absolute Gasteiger partial charge is 0.380 e. The molecule has 0 bridgehead atoms. The fourth-order valence-corrected chi connectivity index (χ4v) is 3.12. The van der Waals surface area contributed by atoms with Crippen molar-refractivity contribution in [3.63, 3.8) is 0 Å². The first-order chi connectivity index (χ1) is 8.18. The van der Waals surface area contributed by atoms with Gasteiger partial charge in [0, 0.05) is 37.3 Å². The second kappa shape index (κ2) is 5.68. The van der Waals surface area contributed by atoms with Gasteiger partial charge in [-0.1, -0.05) is 20.3 Å². The monoisotopic (exact) mass is 240 g/mol. The van der Waals surface area contributed by atoms with Gasteiger partial charge in [0.25, 0.3) is 0 Å². The molecule has 3 heteroatoms. The molecule has 0 radical (unpaired) electrons. The minimum Gasteiger partial charge on any atom is -0.380 e. The Balaban J connectivity index is 2.03. The zero-order chi connectivity index (χ0) is 12.3. The van der Waals surface area contributed by atoms with E-state index in [0.29, 0.717) is 17.6 Å². The molecule has 0 aromatic heterocycles. The second-order valence-corrected chi connectivity index (χ2v) is 5.93.